The number of carbonyl (C=O) groups excluding carboxylic acids is 1. The Morgan fingerprint density at radius 1 is 1.32 bits per heavy atom. The lowest BCUT2D eigenvalue weighted by atomic mass is 10.2. The Balaban J connectivity index is 1.59. The summed E-state index contributed by atoms with van der Waals surface area (Å²) >= 11 is 10.8. The SMILES string of the molecule is Cc1cc(OCC(=O)Nc2nc(-c3cccc(Br)c3)cs2)ccc1Cl. The van der Waals surface area contributed by atoms with Crippen molar-refractivity contribution in [3.8, 4) is 17.0 Å². The second-order valence-electron chi connectivity index (χ2n) is 5.30. The highest BCUT2D eigenvalue weighted by Crippen LogP contribution is 2.27. The van der Waals surface area contributed by atoms with Crippen LogP contribution in [0.5, 0.6) is 5.75 Å². The summed E-state index contributed by atoms with van der Waals surface area (Å²) in [6.07, 6.45) is 0. The minimum atomic E-state index is -0.261. The van der Waals surface area contributed by atoms with E-state index >= 15 is 0 Å². The number of hydrogen-bond donors (Lipinski definition) is 1. The van der Waals surface area contributed by atoms with Gasteiger partial charge in [-0.25, -0.2) is 4.98 Å². The second kappa shape index (κ2) is 7.99. The lowest BCUT2D eigenvalue weighted by Gasteiger charge is -2.07. The number of aromatic nitrogens is 1. The molecule has 3 rings (SSSR count). The van der Waals surface area contributed by atoms with E-state index in [1.807, 2.05) is 36.6 Å². The van der Waals surface area contributed by atoms with E-state index < -0.39 is 0 Å². The molecule has 0 unspecified atom stereocenters. The van der Waals surface area contributed by atoms with Gasteiger partial charge in [-0.1, -0.05) is 39.7 Å². The van der Waals surface area contributed by atoms with Crippen molar-refractivity contribution >= 4 is 49.9 Å². The fourth-order valence-electron chi connectivity index (χ4n) is 2.12. The average Bonchev–Trinajstić information content (AvgIpc) is 3.04. The first-order valence-electron chi connectivity index (χ1n) is 7.41. The monoisotopic (exact) mass is 436 g/mol. The number of nitrogens with zero attached hydrogens (tertiary/aromatic N) is 1. The fraction of sp³-hybridized carbons (Fsp3) is 0.111. The predicted octanol–water partition coefficient (Wildman–Crippen LogP) is 5.55. The van der Waals surface area contributed by atoms with Crippen molar-refractivity contribution in [2.45, 2.75) is 6.92 Å². The van der Waals surface area contributed by atoms with Crippen molar-refractivity contribution in [1.82, 2.24) is 4.98 Å². The molecule has 0 aliphatic carbocycles. The molecule has 0 spiro atoms. The Morgan fingerprint density at radius 2 is 2.16 bits per heavy atom. The summed E-state index contributed by atoms with van der Waals surface area (Å²) in [4.78, 5) is 16.5. The fourth-order valence-corrected chi connectivity index (χ4v) is 3.38. The molecule has 0 fully saturated rings. The molecule has 0 saturated heterocycles. The van der Waals surface area contributed by atoms with E-state index in [9.17, 15) is 4.79 Å². The Kier molecular flexibility index (Phi) is 5.73. The number of aryl methyl sites for hydroxylation is 1. The zero-order valence-electron chi connectivity index (χ0n) is 13.3. The van der Waals surface area contributed by atoms with E-state index in [2.05, 4.69) is 26.2 Å². The van der Waals surface area contributed by atoms with E-state index in [1.165, 1.54) is 11.3 Å². The molecule has 25 heavy (non-hydrogen) atoms. The van der Waals surface area contributed by atoms with Gasteiger partial charge in [0.25, 0.3) is 5.91 Å². The third kappa shape index (κ3) is 4.81. The molecule has 0 atom stereocenters. The highest BCUT2D eigenvalue weighted by molar-refractivity contribution is 9.10. The molecule has 1 N–H and O–H groups in total. The number of hydrogen-bond acceptors (Lipinski definition) is 4. The summed E-state index contributed by atoms with van der Waals surface area (Å²) in [5.74, 6) is 0.341. The first-order chi connectivity index (χ1) is 12.0. The van der Waals surface area contributed by atoms with Crippen LogP contribution < -0.4 is 10.1 Å². The number of anilines is 1. The van der Waals surface area contributed by atoms with Crippen LogP contribution >= 0.6 is 38.9 Å². The summed E-state index contributed by atoms with van der Waals surface area (Å²) in [5.41, 5.74) is 2.70. The maximum absolute atomic E-state index is 12.0. The normalized spacial score (nSPS) is 10.5. The number of nitrogens with one attached hydrogen (secondary N) is 1. The number of halogens is 2. The molecular weight excluding hydrogens is 424 g/mol. The van der Waals surface area contributed by atoms with E-state index in [-0.39, 0.29) is 12.5 Å². The van der Waals surface area contributed by atoms with Gasteiger partial charge in [0.1, 0.15) is 5.75 Å². The van der Waals surface area contributed by atoms with E-state index in [0.29, 0.717) is 15.9 Å². The highest BCUT2D eigenvalue weighted by atomic mass is 79.9. The van der Waals surface area contributed by atoms with E-state index in [1.54, 1.807) is 18.2 Å². The van der Waals surface area contributed by atoms with Crippen molar-refractivity contribution in [3.05, 3.63) is 62.9 Å². The van der Waals surface area contributed by atoms with Crippen LogP contribution in [0.4, 0.5) is 5.13 Å². The highest BCUT2D eigenvalue weighted by Gasteiger charge is 2.09. The summed E-state index contributed by atoms with van der Waals surface area (Å²) in [6, 6.07) is 13.1. The summed E-state index contributed by atoms with van der Waals surface area (Å²) in [5, 5.41) is 5.86. The molecule has 128 valence electrons. The van der Waals surface area contributed by atoms with Gasteiger partial charge in [-0.05, 0) is 42.8 Å². The Hall–Kier alpha value is -1.89. The topological polar surface area (TPSA) is 51.2 Å². The molecule has 7 heteroatoms. The van der Waals surface area contributed by atoms with Crippen LogP contribution in [0.2, 0.25) is 5.02 Å². The molecule has 0 aliphatic heterocycles. The lowest BCUT2D eigenvalue weighted by molar-refractivity contribution is -0.118. The van der Waals surface area contributed by atoms with Crippen molar-refractivity contribution in [1.29, 1.82) is 0 Å². The molecule has 0 aliphatic rings. The smallest absolute Gasteiger partial charge is 0.264 e. The van der Waals surface area contributed by atoms with Gasteiger partial charge in [0, 0.05) is 20.4 Å². The van der Waals surface area contributed by atoms with Gasteiger partial charge in [-0.2, -0.15) is 0 Å². The van der Waals surface area contributed by atoms with E-state index in [4.69, 9.17) is 16.3 Å². The summed E-state index contributed by atoms with van der Waals surface area (Å²) in [6.45, 7) is 1.79. The molecule has 1 aromatic heterocycles. The minimum Gasteiger partial charge on any atom is -0.484 e. The Bertz CT molecular complexity index is 914. The molecular formula is C18H14BrClN2O2S. The summed E-state index contributed by atoms with van der Waals surface area (Å²) < 4.78 is 6.46. The van der Waals surface area contributed by atoms with Crippen molar-refractivity contribution in [3.63, 3.8) is 0 Å². The number of rotatable bonds is 5. The standard InChI is InChI=1S/C18H14BrClN2O2S/c1-11-7-14(5-6-15(11)20)24-9-17(23)22-18-21-16(10-25-18)12-3-2-4-13(19)8-12/h2-8,10H,9H2,1H3,(H,21,22,23). The van der Waals surface area contributed by atoms with Crippen LogP contribution in [0.3, 0.4) is 0 Å². The van der Waals surface area contributed by atoms with Crippen LogP contribution in [0.25, 0.3) is 11.3 Å². The van der Waals surface area contributed by atoms with E-state index in [0.717, 1.165) is 21.3 Å². The third-order valence-electron chi connectivity index (χ3n) is 3.37. The van der Waals surface area contributed by atoms with Crippen molar-refractivity contribution in [2.24, 2.45) is 0 Å². The van der Waals surface area contributed by atoms with Gasteiger partial charge in [-0.3, -0.25) is 10.1 Å². The quantitative estimate of drug-likeness (QED) is 0.569. The van der Waals surface area contributed by atoms with Gasteiger partial charge in [0.05, 0.1) is 5.69 Å². The number of benzene rings is 2. The first kappa shape index (κ1) is 17.9. The van der Waals surface area contributed by atoms with Crippen LogP contribution in [0, 0.1) is 6.92 Å². The molecule has 0 bridgehead atoms. The molecule has 2 aromatic carbocycles. The van der Waals surface area contributed by atoms with Crippen molar-refractivity contribution < 1.29 is 9.53 Å². The van der Waals surface area contributed by atoms with Crippen LogP contribution in [-0.4, -0.2) is 17.5 Å². The second-order valence-corrected chi connectivity index (χ2v) is 7.48. The third-order valence-corrected chi connectivity index (χ3v) is 5.05. The average molecular weight is 438 g/mol. The van der Waals surface area contributed by atoms with Crippen LogP contribution in [0.1, 0.15) is 5.56 Å². The zero-order valence-corrected chi connectivity index (χ0v) is 16.4. The number of carbonyl (C=O) groups is 1. The van der Waals surface area contributed by atoms with Crippen molar-refractivity contribution in [2.75, 3.05) is 11.9 Å². The predicted molar refractivity (Wildman–Crippen MR) is 106 cm³/mol. The number of ether oxygens (including phenoxy) is 1. The van der Waals surface area contributed by atoms with Crippen LogP contribution in [-0.2, 0) is 4.79 Å². The maximum atomic E-state index is 12.0. The first-order valence-corrected chi connectivity index (χ1v) is 9.46. The molecule has 0 radical (unpaired) electrons. The molecule has 0 saturated carbocycles. The summed E-state index contributed by atoms with van der Waals surface area (Å²) in [7, 11) is 0. The Morgan fingerprint density at radius 3 is 2.92 bits per heavy atom. The number of thiazole rings is 1. The minimum absolute atomic E-state index is 0.0904. The molecule has 4 nitrogen and oxygen atoms in total. The van der Waals surface area contributed by atoms with Gasteiger partial charge in [0.2, 0.25) is 0 Å². The lowest BCUT2D eigenvalue weighted by Crippen LogP contribution is -2.20. The molecule has 3 aromatic rings. The largest absolute Gasteiger partial charge is 0.484 e. The van der Waals surface area contributed by atoms with Gasteiger partial charge in [-0.15, -0.1) is 11.3 Å². The zero-order chi connectivity index (χ0) is 17.8. The van der Waals surface area contributed by atoms with Gasteiger partial charge < -0.3 is 4.74 Å². The molecule has 1 heterocycles. The van der Waals surface area contributed by atoms with Gasteiger partial charge in [0.15, 0.2) is 11.7 Å². The van der Waals surface area contributed by atoms with Crippen LogP contribution in [0.15, 0.2) is 52.3 Å². The Labute approximate surface area is 162 Å². The van der Waals surface area contributed by atoms with Gasteiger partial charge >= 0.3 is 0 Å². The number of amides is 1. The maximum Gasteiger partial charge on any atom is 0.264 e. The molecule has 1 amide bonds.